The van der Waals surface area contributed by atoms with E-state index < -0.39 is 0 Å². The van der Waals surface area contributed by atoms with Crippen LogP contribution in [0.5, 0.6) is 0 Å². The second-order valence-corrected chi connectivity index (χ2v) is 2.71. The first kappa shape index (κ1) is 11.4. The van der Waals surface area contributed by atoms with Crippen molar-refractivity contribution in [2.24, 2.45) is 5.73 Å². The highest BCUT2D eigenvalue weighted by Gasteiger charge is 1.99. The molecule has 0 aromatic rings. The molecule has 0 saturated carbocycles. The molecule has 4 heteroatoms. The van der Waals surface area contributed by atoms with Crippen LogP contribution < -0.4 is 11.1 Å². The third-order valence-corrected chi connectivity index (χ3v) is 1.69. The van der Waals surface area contributed by atoms with E-state index in [9.17, 15) is 4.79 Å². The lowest BCUT2D eigenvalue weighted by Crippen LogP contribution is -2.36. The van der Waals surface area contributed by atoms with Crippen molar-refractivity contribution >= 4 is 5.91 Å². The summed E-state index contributed by atoms with van der Waals surface area (Å²) in [5, 5.41) is 2.75. The standard InChI is InChI=1S/C8H19N3O/c1-3-11(6-4-9)7-5-10-8(2)12/h3-7,9H2,1-2H3,(H,10,12). The minimum absolute atomic E-state index is 0.0267. The monoisotopic (exact) mass is 173 g/mol. The Kier molecular flexibility index (Phi) is 6.70. The minimum atomic E-state index is 0.0267. The molecular formula is C8H19N3O. The van der Waals surface area contributed by atoms with Gasteiger partial charge in [-0.25, -0.2) is 0 Å². The van der Waals surface area contributed by atoms with Gasteiger partial charge in [-0.05, 0) is 6.54 Å². The van der Waals surface area contributed by atoms with E-state index in [0.717, 1.165) is 19.6 Å². The first-order chi connectivity index (χ1) is 5.70. The summed E-state index contributed by atoms with van der Waals surface area (Å²) < 4.78 is 0. The summed E-state index contributed by atoms with van der Waals surface area (Å²) in [4.78, 5) is 12.7. The molecule has 0 spiro atoms. The van der Waals surface area contributed by atoms with Crippen molar-refractivity contribution in [3.05, 3.63) is 0 Å². The fourth-order valence-corrected chi connectivity index (χ4v) is 1.00. The van der Waals surface area contributed by atoms with Crippen molar-refractivity contribution in [2.45, 2.75) is 13.8 Å². The summed E-state index contributed by atoms with van der Waals surface area (Å²) in [7, 11) is 0. The maximum Gasteiger partial charge on any atom is 0.216 e. The number of nitrogens with one attached hydrogen (secondary N) is 1. The Morgan fingerprint density at radius 3 is 2.58 bits per heavy atom. The van der Waals surface area contributed by atoms with Crippen molar-refractivity contribution < 1.29 is 4.79 Å². The second kappa shape index (κ2) is 7.06. The Hall–Kier alpha value is -0.610. The molecule has 0 aliphatic carbocycles. The molecule has 0 aliphatic heterocycles. The summed E-state index contributed by atoms with van der Waals surface area (Å²) in [5.41, 5.74) is 5.41. The first-order valence-electron chi connectivity index (χ1n) is 4.37. The van der Waals surface area contributed by atoms with Crippen LogP contribution in [0.4, 0.5) is 0 Å². The van der Waals surface area contributed by atoms with Crippen LogP contribution >= 0.6 is 0 Å². The highest BCUT2D eigenvalue weighted by molar-refractivity contribution is 5.72. The Bertz CT molecular complexity index is 127. The van der Waals surface area contributed by atoms with Crippen molar-refractivity contribution in [1.82, 2.24) is 10.2 Å². The van der Waals surface area contributed by atoms with Gasteiger partial charge in [-0.1, -0.05) is 6.92 Å². The number of nitrogens with zero attached hydrogens (tertiary/aromatic N) is 1. The molecule has 0 saturated heterocycles. The number of likely N-dealkylation sites (N-methyl/N-ethyl adjacent to an activating group) is 1. The van der Waals surface area contributed by atoms with Crippen LogP contribution in [0.25, 0.3) is 0 Å². The van der Waals surface area contributed by atoms with E-state index >= 15 is 0 Å². The number of carbonyl (C=O) groups is 1. The van der Waals surface area contributed by atoms with E-state index in [0.29, 0.717) is 13.1 Å². The molecule has 0 atom stereocenters. The van der Waals surface area contributed by atoms with Crippen LogP contribution in [0.1, 0.15) is 13.8 Å². The lowest BCUT2D eigenvalue weighted by molar-refractivity contribution is -0.119. The fraction of sp³-hybridized carbons (Fsp3) is 0.875. The van der Waals surface area contributed by atoms with Gasteiger partial charge in [0.25, 0.3) is 0 Å². The number of amides is 1. The van der Waals surface area contributed by atoms with E-state index in [-0.39, 0.29) is 5.91 Å². The largest absolute Gasteiger partial charge is 0.355 e. The maximum absolute atomic E-state index is 10.5. The maximum atomic E-state index is 10.5. The quantitative estimate of drug-likeness (QED) is 0.564. The normalized spacial score (nSPS) is 10.3. The molecule has 0 aromatic heterocycles. The zero-order valence-electron chi connectivity index (χ0n) is 7.97. The van der Waals surface area contributed by atoms with Crippen LogP contribution in [-0.2, 0) is 4.79 Å². The van der Waals surface area contributed by atoms with E-state index in [1.807, 2.05) is 0 Å². The molecule has 1 amide bonds. The minimum Gasteiger partial charge on any atom is -0.355 e. The van der Waals surface area contributed by atoms with Crippen LogP contribution in [0.3, 0.4) is 0 Å². The van der Waals surface area contributed by atoms with Crippen LogP contribution in [0, 0.1) is 0 Å². The van der Waals surface area contributed by atoms with Gasteiger partial charge in [-0.15, -0.1) is 0 Å². The van der Waals surface area contributed by atoms with Gasteiger partial charge < -0.3 is 16.0 Å². The van der Waals surface area contributed by atoms with Gasteiger partial charge in [-0.2, -0.15) is 0 Å². The highest BCUT2D eigenvalue weighted by atomic mass is 16.1. The molecule has 0 rings (SSSR count). The van der Waals surface area contributed by atoms with E-state index in [2.05, 4.69) is 17.1 Å². The lowest BCUT2D eigenvalue weighted by Gasteiger charge is -2.18. The number of hydrogen-bond acceptors (Lipinski definition) is 3. The molecule has 0 aliphatic rings. The first-order valence-corrected chi connectivity index (χ1v) is 4.37. The van der Waals surface area contributed by atoms with Crippen molar-refractivity contribution in [2.75, 3.05) is 32.7 Å². The predicted molar refractivity (Wildman–Crippen MR) is 49.9 cm³/mol. The number of hydrogen-bond donors (Lipinski definition) is 2. The lowest BCUT2D eigenvalue weighted by atomic mass is 10.4. The average Bonchev–Trinajstić information content (AvgIpc) is 2.02. The zero-order valence-corrected chi connectivity index (χ0v) is 7.97. The van der Waals surface area contributed by atoms with Gasteiger partial charge in [0, 0.05) is 33.1 Å². The molecule has 0 bridgehead atoms. The summed E-state index contributed by atoms with van der Waals surface area (Å²) in [6.45, 7) is 7.76. The van der Waals surface area contributed by atoms with Crippen LogP contribution in [0.15, 0.2) is 0 Å². The Morgan fingerprint density at radius 1 is 1.50 bits per heavy atom. The van der Waals surface area contributed by atoms with Crippen molar-refractivity contribution in [3.63, 3.8) is 0 Å². The van der Waals surface area contributed by atoms with E-state index in [1.54, 1.807) is 0 Å². The molecule has 4 nitrogen and oxygen atoms in total. The van der Waals surface area contributed by atoms with Gasteiger partial charge in [0.1, 0.15) is 0 Å². The molecule has 72 valence electrons. The average molecular weight is 173 g/mol. The zero-order chi connectivity index (χ0) is 9.40. The van der Waals surface area contributed by atoms with Crippen LogP contribution in [0.2, 0.25) is 0 Å². The van der Waals surface area contributed by atoms with E-state index in [1.165, 1.54) is 6.92 Å². The fourth-order valence-electron chi connectivity index (χ4n) is 1.00. The van der Waals surface area contributed by atoms with Gasteiger partial charge >= 0.3 is 0 Å². The van der Waals surface area contributed by atoms with Gasteiger partial charge in [0.05, 0.1) is 0 Å². The van der Waals surface area contributed by atoms with Crippen molar-refractivity contribution in [3.8, 4) is 0 Å². The molecule has 0 aromatic carbocycles. The molecule has 3 N–H and O–H groups in total. The highest BCUT2D eigenvalue weighted by Crippen LogP contribution is 1.83. The number of carbonyl (C=O) groups excluding carboxylic acids is 1. The SMILES string of the molecule is CCN(CCN)CCNC(C)=O. The summed E-state index contributed by atoms with van der Waals surface area (Å²) in [6, 6.07) is 0. The Labute approximate surface area is 74.1 Å². The number of nitrogens with two attached hydrogens (primary N) is 1. The third kappa shape index (κ3) is 6.12. The smallest absolute Gasteiger partial charge is 0.216 e. The molecule has 0 radical (unpaired) electrons. The van der Waals surface area contributed by atoms with Crippen molar-refractivity contribution in [1.29, 1.82) is 0 Å². The molecule has 0 unspecified atom stereocenters. The van der Waals surface area contributed by atoms with Gasteiger partial charge in [0.15, 0.2) is 0 Å². The van der Waals surface area contributed by atoms with Gasteiger partial charge in [-0.3, -0.25) is 4.79 Å². The summed E-state index contributed by atoms with van der Waals surface area (Å²) in [5.74, 6) is 0.0267. The predicted octanol–water partition coefficient (Wildman–Crippen LogP) is -0.597. The molecule has 0 heterocycles. The Morgan fingerprint density at radius 2 is 2.17 bits per heavy atom. The van der Waals surface area contributed by atoms with Gasteiger partial charge in [0.2, 0.25) is 5.91 Å². The Balaban J connectivity index is 3.37. The summed E-state index contributed by atoms with van der Waals surface area (Å²) >= 11 is 0. The molecular weight excluding hydrogens is 154 g/mol. The molecule has 0 fully saturated rings. The third-order valence-electron chi connectivity index (χ3n) is 1.69. The summed E-state index contributed by atoms with van der Waals surface area (Å²) in [6.07, 6.45) is 0. The molecule has 12 heavy (non-hydrogen) atoms. The topological polar surface area (TPSA) is 58.4 Å². The number of rotatable bonds is 6. The van der Waals surface area contributed by atoms with E-state index in [4.69, 9.17) is 5.73 Å². The van der Waals surface area contributed by atoms with Crippen LogP contribution in [-0.4, -0.2) is 43.5 Å². The second-order valence-electron chi connectivity index (χ2n) is 2.71.